The van der Waals surface area contributed by atoms with Gasteiger partial charge in [0.2, 0.25) is 0 Å². The van der Waals surface area contributed by atoms with E-state index >= 15 is 0 Å². The van der Waals surface area contributed by atoms with Crippen molar-refractivity contribution in [1.29, 1.82) is 0 Å². The molecule has 0 saturated heterocycles. The topological polar surface area (TPSA) is 98.8 Å². The quantitative estimate of drug-likeness (QED) is 0.132. The fourth-order valence-corrected chi connectivity index (χ4v) is 3.46. The van der Waals surface area contributed by atoms with Crippen LogP contribution in [0.4, 0.5) is 24.5 Å². The van der Waals surface area contributed by atoms with E-state index in [-0.39, 0.29) is 29.1 Å². The predicted molar refractivity (Wildman–Crippen MR) is 122 cm³/mol. The third-order valence-electron chi connectivity index (χ3n) is 4.61. The Morgan fingerprint density at radius 1 is 0.886 bits per heavy atom. The van der Waals surface area contributed by atoms with Crippen molar-refractivity contribution in [2.45, 2.75) is 25.3 Å². The van der Waals surface area contributed by atoms with Crippen LogP contribution in [-0.4, -0.2) is 25.7 Å². The van der Waals surface area contributed by atoms with Crippen molar-refractivity contribution in [3.05, 3.63) is 83.9 Å². The summed E-state index contributed by atoms with van der Waals surface area (Å²) < 4.78 is 71.4. The van der Waals surface area contributed by atoms with Crippen LogP contribution >= 0.6 is 0 Å². The lowest BCUT2D eigenvalue weighted by molar-refractivity contribution is -0.134. The molecule has 0 saturated carbocycles. The lowest BCUT2D eigenvalue weighted by atomic mass is 10.0. The molecule has 0 amide bonds. The summed E-state index contributed by atoms with van der Waals surface area (Å²) in [6.07, 6.45) is 0.294. The highest BCUT2D eigenvalue weighted by Gasteiger charge is 2.49. The van der Waals surface area contributed by atoms with Crippen LogP contribution in [0.3, 0.4) is 0 Å². The van der Waals surface area contributed by atoms with Gasteiger partial charge < -0.3 is 14.2 Å². The van der Waals surface area contributed by atoms with E-state index in [0.29, 0.717) is 12.0 Å². The first-order valence-electron chi connectivity index (χ1n) is 10.3. The van der Waals surface area contributed by atoms with Gasteiger partial charge in [0.15, 0.2) is 17.3 Å². The summed E-state index contributed by atoms with van der Waals surface area (Å²) in [6.45, 7) is 1.68. The van der Waals surface area contributed by atoms with Crippen molar-refractivity contribution in [2.24, 2.45) is 0 Å². The van der Waals surface area contributed by atoms with Crippen molar-refractivity contribution in [3.63, 3.8) is 0 Å². The summed E-state index contributed by atoms with van der Waals surface area (Å²) in [7, 11) is -6.04. The number of carbonyl (C=O) groups excluding carboxylic acids is 2. The van der Waals surface area contributed by atoms with E-state index in [0.717, 1.165) is 6.07 Å². The molecule has 0 fully saturated rings. The standard InChI is InChI=1S/C24H20F3NO6S/c1-2-9-21(29)33-23-19(14-8-15-20(23)34-35(31,32)24(25,26)27)28-18-13-7-6-12-17(18)22(30)16-10-4-3-5-11-16/h3-8,10-15,28H,2,9H2,1H3. The summed E-state index contributed by atoms with van der Waals surface area (Å²) in [5.41, 5.74) is -4.93. The Morgan fingerprint density at radius 2 is 1.51 bits per heavy atom. The summed E-state index contributed by atoms with van der Waals surface area (Å²) in [4.78, 5) is 25.2. The van der Waals surface area contributed by atoms with Crippen molar-refractivity contribution in [3.8, 4) is 11.5 Å². The maximum absolute atomic E-state index is 13.0. The molecule has 1 N–H and O–H groups in total. The number of hydrogen-bond acceptors (Lipinski definition) is 7. The van der Waals surface area contributed by atoms with Crippen LogP contribution in [0.5, 0.6) is 11.5 Å². The first-order valence-corrected chi connectivity index (χ1v) is 11.7. The van der Waals surface area contributed by atoms with Gasteiger partial charge in [-0.1, -0.05) is 55.5 Å². The van der Waals surface area contributed by atoms with E-state index in [9.17, 15) is 31.2 Å². The van der Waals surface area contributed by atoms with Crippen LogP contribution in [0.25, 0.3) is 0 Å². The zero-order valence-electron chi connectivity index (χ0n) is 18.3. The Morgan fingerprint density at radius 3 is 2.17 bits per heavy atom. The minimum atomic E-state index is -6.04. The van der Waals surface area contributed by atoms with Crippen LogP contribution in [0.2, 0.25) is 0 Å². The molecule has 184 valence electrons. The average molecular weight is 507 g/mol. The molecule has 0 aromatic heterocycles. The molecule has 0 aliphatic heterocycles. The van der Waals surface area contributed by atoms with E-state index in [1.165, 1.54) is 24.3 Å². The highest BCUT2D eigenvalue weighted by atomic mass is 32.2. The number of ether oxygens (including phenoxy) is 1. The number of ketones is 1. The molecule has 0 aliphatic rings. The van der Waals surface area contributed by atoms with Gasteiger partial charge in [-0.15, -0.1) is 0 Å². The number of para-hydroxylation sites is 2. The lowest BCUT2D eigenvalue weighted by Gasteiger charge is -2.18. The molecule has 3 rings (SSSR count). The number of esters is 1. The summed E-state index contributed by atoms with van der Waals surface area (Å²) in [6, 6.07) is 18.1. The van der Waals surface area contributed by atoms with Crippen molar-refractivity contribution >= 4 is 33.2 Å². The smallest absolute Gasteiger partial charge is 0.420 e. The third-order valence-corrected chi connectivity index (χ3v) is 5.57. The van der Waals surface area contributed by atoms with Gasteiger partial charge in [0, 0.05) is 23.2 Å². The number of halogens is 3. The van der Waals surface area contributed by atoms with Gasteiger partial charge in [0.05, 0.1) is 5.69 Å². The molecule has 0 spiro atoms. The zero-order chi connectivity index (χ0) is 25.6. The van der Waals surface area contributed by atoms with Crippen LogP contribution in [0.1, 0.15) is 35.7 Å². The normalized spacial score (nSPS) is 11.5. The number of anilines is 2. The second kappa shape index (κ2) is 10.6. The molecule has 3 aromatic rings. The second-order valence-corrected chi connectivity index (χ2v) is 8.74. The molecular formula is C24H20F3NO6S. The molecule has 0 heterocycles. The summed E-state index contributed by atoms with van der Waals surface area (Å²) in [5.74, 6) is -2.57. The van der Waals surface area contributed by atoms with E-state index in [4.69, 9.17) is 4.74 Å². The van der Waals surface area contributed by atoms with E-state index in [1.54, 1.807) is 49.4 Å². The first-order chi connectivity index (χ1) is 16.5. The second-order valence-electron chi connectivity index (χ2n) is 7.21. The number of rotatable bonds is 9. The third kappa shape index (κ3) is 6.18. The van der Waals surface area contributed by atoms with Crippen molar-refractivity contribution in [1.82, 2.24) is 0 Å². The Labute approximate surface area is 199 Å². The van der Waals surface area contributed by atoms with E-state index < -0.39 is 33.1 Å². The average Bonchev–Trinajstić information content (AvgIpc) is 2.81. The van der Waals surface area contributed by atoms with Gasteiger partial charge in [0.25, 0.3) is 0 Å². The molecule has 0 unspecified atom stereocenters. The molecule has 3 aromatic carbocycles. The lowest BCUT2D eigenvalue weighted by Crippen LogP contribution is -2.28. The summed E-state index contributed by atoms with van der Waals surface area (Å²) in [5, 5.41) is 2.85. The minimum Gasteiger partial charge on any atom is -0.420 e. The highest BCUT2D eigenvalue weighted by Crippen LogP contribution is 2.40. The van der Waals surface area contributed by atoms with E-state index in [2.05, 4.69) is 9.50 Å². The molecular weight excluding hydrogens is 487 g/mol. The maximum atomic E-state index is 13.0. The summed E-state index contributed by atoms with van der Waals surface area (Å²) >= 11 is 0. The Bertz CT molecular complexity index is 1320. The first kappa shape index (κ1) is 25.8. The number of alkyl halides is 3. The Hall–Kier alpha value is -3.86. The Kier molecular flexibility index (Phi) is 7.80. The number of nitrogens with one attached hydrogen (secondary N) is 1. The van der Waals surface area contributed by atoms with Crippen LogP contribution in [0, 0.1) is 0 Å². The molecule has 0 atom stereocenters. The molecule has 11 heteroatoms. The monoisotopic (exact) mass is 507 g/mol. The fourth-order valence-electron chi connectivity index (χ4n) is 3.00. The van der Waals surface area contributed by atoms with Gasteiger partial charge in [-0.05, 0) is 30.7 Å². The molecule has 35 heavy (non-hydrogen) atoms. The van der Waals surface area contributed by atoms with Gasteiger partial charge >= 0.3 is 21.6 Å². The van der Waals surface area contributed by atoms with Gasteiger partial charge in [-0.25, -0.2) is 0 Å². The fraction of sp³-hybridized carbons (Fsp3) is 0.167. The van der Waals surface area contributed by atoms with Crippen LogP contribution in [0.15, 0.2) is 72.8 Å². The van der Waals surface area contributed by atoms with Gasteiger partial charge in [-0.2, -0.15) is 21.6 Å². The maximum Gasteiger partial charge on any atom is 0.534 e. The largest absolute Gasteiger partial charge is 0.534 e. The molecule has 7 nitrogen and oxygen atoms in total. The van der Waals surface area contributed by atoms with Crippen LogP contribution in [-0.2, 0) is 14.9 Å². The minimum absolute atomic E-state index is 0.0805. The van der Waals surface area contributed by atoms with Crippen molar-refractivity contribution in [2.75, 3.05) is 5.32 Å². The van der Waals surface area contributed by atoms with Crippen molar-refractivity contribution < 1.29 is 40.1 Å². The SMILES string of the molecule is CCCC(=O)Oc1c(Nc2ccccc2C(=O)c2ccccc2)cccc1OS(=O)(=O)C(F)(F)F. The highest BCUT2D eigenvalue weighted by molar-refractivity contribution is 7.88. The number of benzene rings is 3. The number of carbonyl (C=O) groups is 2. The molecule has 0 radical (unpaired) electrons. The van der Waals surface area contributed by atoms with Gasteiger partial charge in [-0.3, -0.25) is 9.59 Å². The van der Waals surface area contributed by atoms with E-state index in [1.807, 2.05) is 0 Å². The number of hydrogen-bond donors (Lipinski definition) is 1. The molecule has 0 aliphatic carbocycles. The van der Waals surface area contributed by atoms with Crippen LogP contribution < -0.4 is 14.2 Å². The van der Waals surface area contributed by atoms with Gasteiger partial charge in [0.1, 0.15) is 0 Å². The zero-order valence-corrected chi connectivity index (χ0v) is 19.2. The predicted octanol–water partition coefficient (Wildman–Crippen LogP) is 5.60. The Balaban J connectivity index is 2.06. The molecule has 0 bridgehead atoms.